The van der Waals surface area contributed by atoms with Gasteiger partial charge in [-0.15, -0.1) is 0 Å². The lowest BCUT2D eigenvalue weighted by Crippen LogP contribution is -2.51. The van der Waals surface area contributed by atoms with E-state index >= 15 is 0 Å². The van der Waals surface area contributed by atoms with E-state index < -0.39 is 0 Å². The van der Waals surface area contributed by atoms with Gasteiger partial charge in [-0.3, -0.25) is 4.79 Å². The van der Waals surface area contributed by atoms with Crippen LogP contribution in [0.4, 0.5) is 16.2 Å². The molecule has 6 heteroatoms. The molecule has 0 saturated carbocycles. The molecule has 1 saturated heterocycles. The molecule has 0 aliphatic carbocycles. The van der Waals surface area contributed by atoms with E-state index in [2.05, 4.69) is 24.1 Å². The number of carbonyl (C=O) groups is 2. The summed E-state index contributed by atoms with van der Waals surface area (Å²) in [7, 11) is 0. The number of hydrogen-bond acceptors (Lipinski definition) is 3. The van der Waals surface area contributed by atoms with E-state index in [1.165, 1.54) is 0 Å². The van der Waals surface area contributed by atoms with Crippen LogP contribution in [0.3, 0.4) is 0 Å². The molecule has 0 atom stereocenters. The van der Waals surface area contributed by atoms with Crippen LogP contribution in [0.1, 0.15) is 20.8 Å². The molecule has 1 aromatic rings. The van der Waals surface area contributed by atoms with E-state index in [0.29, 0.717) is 26.2 Å². The third kappa shape index (κ3) is 4.37. The van der Waals surface area contributed by atoms with Crippen molar-refractivity contribution in [1.29, 1.82) is 0 Å². The molecule has 1 heterocycles. The Hall–Kier alpha value is -2.24. The Bertz CT molecular complexity index is 532. The van der Waals surface area contributed by atoms with Gasteiger partial charge in [0.05, 0.1) is 0 Å². The van der Waals surface area contributed by atoms with Crippen molar-refractivity contribution < 1.29 is 9.59 Å². The maximum Gasteiger partial charge on any atom is 0.321 e. The van der Waals surface area contributed by atoms with Crippen molar-refractivity contribution in [2.24, 2.45) is 0 Å². The highest BCUT2D eigenvalue weighted by Crippen LogP contribution is 2.18. The van der Waals surface area contributed by atoms with Gasteiger partial charge in [0.2, 0.25) is 5.91 Å². The third-order valence-corrected chi connectivity index (χ3v) is 4.26. The fourth-order valence-corrected chi connectivity index (χ4v) is 2.77. The number of piperazine rings is 1. The highest BCUT2D eigenvalue weighted by atomic mass is 16.2. The highest BCUT2D eigenvalue weighted by Gasteiger charge is 2.22. The summed E-state index contributed by atoms with van der Waals surface area (Å²) < 4.78 is 0. The molecule has 126 valence electrons. The normalized spacial score (nSPS) is 14.6. The Kier molecular flexibility index (Phi) is 5.84. The number of amides is 3. The molecule has 0 aromatic heterocycles. The van der Waals surface area contributed by atoms with Crippen molar-refractivity contribution in [3.8, 4) is 0 Å². The topological polar surface area (TPSA) is 55.9 Å². The molecule has 1 N–H and O–H groups in total. The molecular weight excluding hydrogens is 292 g/mol. The van der Waals surface area contributed by atoms with Gasteiger partial charge in [0.25, 0.3) is 0 Å². The van der Waals surface area contributed by atoms with Gasteiger partial charge in [-0.05, 0) is 38.1 Å². The molecule has 1 aliphatic heterocycles. The average Bonchev–Trinajstić information content (AvgIpc) is 2.57. The van der Waals surface area contributed by atoms with Gasteiger partial charge in [-0.2, -0.15) is 0 Å². The SMILES string of the molecule is CCN(CC)c1ccc(NC(=O)N2CCN(C(C)=O)CC2)cc1. The maximum atomic E-state index is 12.3. The van der Waals surface area contributed by atoms with Gasteiger partial charge in [-0.25, -0.2) is 4.79 Å². The zero-order chi connectivity index (χ0) is 16.8. The van der Waals surface area contributed by atoms with Crippen molar-refractivity contribution in [3.63, 3.8) is 0 Å². The monoisotopic (exact) mass is 318 g/mol. The number of benzene rings is 1. The van der Waals surface area contributed by atoms with Crippen molar-refractivity contribution in [2.75, 3.05) is 49.5 Å². The first-order valence-corrected chi connectivity index (χ1v) is 8.21. The van der Waals surface area contributed by atoms with Gasteiger partial charge in [0, 0.05) is 57.6 Å². The van der Waals surface area contributed by atoms with Crippen molar-refractivity contribution in [3.05, 3.63) is 24.3 Å². The zero-order valence-corrected chi connectivity index (χ0v) is 14.2. The van der Waals surface area contributed by atoms with Crippen LogP contribution in [0.25, 0.3) is 0 Å². The van der Waals surface area contributed by atoms with Crippen LogP contribution in [0.5, 0.6) is 0 Å². The number of rotatable bonds is 4. The quantitative estimate of drug-likeness (QED) is 0.926. The minimum absolute atomic E-state index is 0.0667. The summed E-state index contributed by atoms with van der Waals surface area (Å²) in [6, 6.07) is 7.80. The molecule has 0 radical (unpaired) electrons. The number of carbonyl (C=O) groups excluding carboxylic acids is 2. The van der Waals surface area contributed by atoms with Crippen LogP contribution in [0, 0.1) is 0 Å². The standard InChI is InChI=1S/C17H26N4O2/c1-4-19(5-2)16-8-6-15(7-9-16)18-17(23)21-12-10-20(11-13-21)14(3)22/h6-9H,4-5,10-13H2,1-3H3,(H,18,23). The van der Waals surface area contributed by atoms with Crippen molar-refractivity contribution in [1.82, 2.24) is 9.80 Å². The van der Waals surface area contributed by atoms with Crippen LogP contribution in [0.15, 0.2) is 24.3 Å². The minimum atomic E-state index is -0.108. The maximum absolute atomic E-state index is 12.3. The summed E-state index contributed by atoms with van der Waals surface area (Å²) in [6.07, 6.45) is 0. The van der Waals surface area contributed by atoms with Crippen LogP contribution in [0.2, 0.25) is 0 Å². The fourth-order valence-electron chi connectivity index (χ4n) is 2.77. The Morgan fingerprint density at radius 2 is 1.52 bits per heavy atom. The summed E-state index contributed by atoms with van der Waals surface area (Å²) in [5, 5.41) is 2.92. The summed E-state index contributed by atoms with van der Waals surface area (Å²) in [5.74, 6) is 0.0667. The Morgan fingerprint density at radius 1 is 1.00 bits per heavy atom. The largest absolute Gasteiger partial charge is 0.372 e. The van der Waals surface area contributed by atoms with Crippen molar-refractivity contribution >= 4 is 23.3 Å². The molecule has 23 heavy (non-hydrogen) atoms. The summed E-state index contributed by atoms with van der Waals surface area (Å²) in [6.45, 7) is 10.1. The smallest absolute Gasteiger partial charge is 0.321 e. The Balaban J connectivity index is 1.89. The molecule has 1 fully saturated rings. The van der Waals surface area contributed by atoms with Gasteiger partial charge in [0.1, 0.15) is 0 Å². The van der Waals surface area contributed by atoms with Crippen LogP contribution in [-0.4, -0.2) is 61.0 Å². The molecule has 0 spiro atoms. The Labute approximate surface area is 138 Å². The lowest BCUT2D eigenvalue weighted by Gasteiger charge is -2.34. The lowest BCUT2D eigenvalue weighted by molar-refractivity contribution is -0.130. The van der Waals surface area contributed by atoms with E-state index in [-0.39, 0.29) is 11.9 Å². The number of anilines is 2. The van der Waals surface area contributed by atoms with E-state index in [1.54, 1.807) is 16.7 Å². The highest BCUT2D eigenvalue weighted by molar-refractivity contribution is 5.89. The Morgan fingerprint density at radius 3 is 2.00 bits per heavy atom. The van der Waals surface area contributed by atoms with E-state index in [9.17, 15) is 9.59 Å². The second-order valence-corrected chi connectivity index (χ2v) is 5.64. The predicted molar refractivity (Wildman–Crippen MR) is 92.8 cm³/mol. The van der Waals surface area contributed by atoms with Gasteiger partial charge in [0.15, 0.2) is 0 Å². The predicted octanol–water partition coefficient (Wildman–Crippen LogP) is 2.23. The number of hydrogen-bond donors (Lipinski definition) is 1. The van der Waals surface area contributed by atoms with Crippen molar-refractivity contribution in [2.45, 2.75) is 20.8 Å². The van der Waals surface area contributed by atoms with Gasteiger partial charge in [-0.1, -0.05) is 0 Å². The third-order valence-electron chi connectivity index (χ3n) is 4.26. The second kappa shape index (κ2) is 7.85. The zero-order valence-electron chi connectivity index (χ0n) is 14.2. The average molecular weight is 318 g/mol. The molecule has 1 aromatic carbocycles. The molecule has 0 bridgehead atoms. The number of nitrogens with one attached hydrogen (secondary N) is 1. The van der Waals surface area contributed by atoms with E-state index in [0.717, 1.165) is 24.5 Å². The van der Waals surface area contributed by atoms with Gasteiger partial charge >= 0.3 is 6.03 Å². The first-order valence-electron chi connectivity index (χ1n) is 8.21. The van der Waals surface area contributed by atoms with Gasteiger partial charge < -0.3 is 20.0 Å². The van der Waals surface area contributed by atoms with Crippen LogP contribution >= 0.6 is 0 Å². The summed E-state index contributed by atoms with van der Waals surface area (Å²) in [4.78, 5) is 29.4. The first kappa shape index (κ1) is 17.1. The summed E-state index contributed by atoms with van der Waals surface area (Å²) in [5.41, 5.74) is 1.95. The molecular formula is C17H26N4O2. The van der Waals surface area contributed by atoms with Crippen LogP contribution in [-0.2, 0) is 4.79 Å². The number of urea groups is 1. The fraction of sp³-hybridized carbons (Fsp3) is 0.529. The molecule has 3 amide bonds. The molecule has 1 aliphatic rings. The molecule has 2 rings (SSSR count). The number of nitrogens with zero attached hydrogens (tertiary/aromatic N) is 3. The molecule has 0 unspecified atom stereocenters. The van der Waals surface area contributed by atoms with Crippen LogP contribution < -0.4 is 10.2 Å². The minimum Gasteiger partial charge on any atom is -0.372 e. The molecule has 6 nitrogen and oxygen atoms in total. The second-order valence-electron chi connectivity index (χ2n) is 5.64. The summed E-state index contributed by atoms with van der Waals surface area (Å²) >= 11 is 0. The van der Waals surface area contributed by atoms with E-state index in [4.69, 9.17) is 0 Å². The first-order chi connectivity index (χ1) is 11.0. The lowest BCUT2D eigenvalue weighted by atomic mass is 10.2. The van der Waals surface area contributed by atoms with E-state index in [1.807, 2.05) is 24.3 Å².